The van der Waals surface area contributed by atoms with Gasteiger partial charge in [0.15, 0.2) is 0 Å². The van der Waals surface area contributed by atoms with Crippen molar-refractivity contribution >= 4 is 6.09 Å². The molecule has 1 saturated heterocycles. The van der Waals surface area contributed by atoms with Crippen LogP contribution in [0, 0.1) is 0 Å². The minimum absolute atomic E-state index is 0.00736. The van der Waals surface area contributed by atoms with Gasteiger partial charge in [0.25, 0.3) is 0 Å². The molecule has 1 aliphatic heterocycles. The summed E-state index contributed by atoms with van der Waals surface area (Å²) >= 11 is 0. The Bertz CT molecular complexity index is 201. The highest BCUT2D eigenvalue weighted by Crippen LogP contribution is 2.16. The van der Waals surface area contributed by atoms with E-state index in [4.69, 9.17) is 9.84 Å². The molecular formula is C7H12FNO4. The lowest BCUT2D eigenvalue weighted by Crippen LogP contribution is -2.55. The van der Waals surface area contributed by atoms with Gasteiger partial charge in [0.05, 0.1) is 13.1 Å². The molecule has 3 atom stereocenters. The molecule has 5 nitrogen and oxygen atoms in total. The van der Waals surface area contributed by atoms with Crippen molar-refractivity contribution < 1.29 is 24.1 Å². The van der Waals surface area contributed by atoms with Gasteiger partial charge in [-0.05, 0) is 0 Å². The van der Waals surface area contributed by atoms with Gasteiger partial charge in [-0.15, -0.1) is 0 Å². The Hall–Kier alpha value is -0.880. The van der Waals surface area contributed by atoms with Crippen molar-refractivity contribution in [3.63, 3.8) is 0 Å². The Morgan fingerprint density at radius 1 is 1.62 bits per heavy atom. The van der Waals surface area contributed by atoms with Crippen molar-refractivity contribution in [3.8, 4) is 0 Å². The number of hydrogen-bond acceptors (Lipinski definition) is 3. The molecule has 0 aromatic heterocycles. The van der Waals surface area contributed by atoms with Crippen molar-refractivity contribution in [1.82, 2.24) is 4.90 Å². The molecule has 0 saturated carbocycles. The van der Waals surface area contributed by atoms with Gasteiger partial charge in [-0.1, -0.05) is 0 Å². The monoisotopic (exact) mass is 193 g/mol. The molecule has 1 aliphatic rings. The van der Waals surface area contributed by atoms with Crippen LogP contribution in [-0.4, -0.2) is 59.8 Å². The summed E-state index contributed by atoms with van der Waals surface area (Å²) in [6, 6.07) is 0. The smallest absolute Gasteiger partial charge is 0.407 e. The molecule has 0 aliphatic carbocycles. The van der Waals surface area contributed by atoms with E-state index in [2.05, 4.69) is 0 Å². The molecule has 0 aromatic rings. The van der Waals surface area contributed by atoms with Crippen LogP contribution in [0.25, 0.3) is 0 Å². The second-order valence-electron chi connectivity index (χ2n) is 2.97. The standard InChI is InChI=1S/C7H12FNO4/c1-13-5-3-9(7(11)12)2-4(8)6(5)10/h4-6,10H,2-3H2,1H3,(H,11,12)/t4-,5+,6-/m1/s1. The zero-order valence-corrected chi connectivity index (χ0v) is 7.18. The molecule has 0 unspecified atom stereocenters. The van der Waals surface area contributed by atoms with Gasteiger partial charge in [0.2, 0.25) is 0 Å². The zero-order chi connectivity index (χ0) is 10.0. The SMILES string of the molecule is CO[C@H]1CN(C(=O)O)C[C@@H](F)[C@H]1O. The Balaban J connectivity index is 2.63. The predicted molar refractivity (Wildman–Crippen MR) is 41.3 cm³/mol. The molecule has 0 aromatic carbocycles. The molecule has 1 fully saturated rings. The lowest BCUT2D eigenvalue weighted by atomic mass is 10.0. The van der Waals surface area contributed by atoms with Gasteiger partial charge in [-0.3, -0.25) is 0 Å². The quantitative estimate of drug-likeness (QED) is 0.599. The number of ether oxygens (including phenoxy) is 1. The van der Waals surface area contributed by atoms with E-state index in [0.29, 0.717) is 0 Å². The van der Waals surface area contributed by atoms with Crippen LogP contribution in [0.2, 0.25) is 0 Å². The van der Waals surface area contributed by atoms with Crippen molar-refractivity contribution in [2.45, 2.75) is 18.4 Å². The normalized spacial score (nSPS) is 34.7. The number of piperidine rings is 1. The van der Waals surface area contributed by atoms with Crippen molar-refractivity contribution in [2.24, 2.45) is 0 Å². The molecule has 1 heterocycles. The highest BCUT2D eigenvalue weighted by atomic mass is 19.1. The highest BCUT2D eigenvalue weighted by Gasteiger charge is 2.37. The highest BCUT2D eigenvalue weighted by molar-refractivity contribution is 5.65. The minimum atomic E-state index is -1.57. The number of halogens is 1. The van der Waals surface area contributed by atoms with E-state index in [1.54, 1.807) is 0 Å². The molecular weight excluding hydrogens is 181 g/mol. The number of alkyl halides is 1. The van der Waals surface area contributed by atoms with Crippen LogP contribution in [0.4, 0.5) is 9.18 Å². The van der Waals surface area contributed by atoms with Gasteiger partial charge in [0, 0.05) is 7.11 Å². The average molecular weight is 193 g/mol. The fourth-order valence-corrected chi connectivity index (χ4v) is 1.32. The molecule has 0 radical (unpaired) electrons. The largest absolute Gasteiger partial charge is 0.465 e. The third-order valence-electron chi connectivity index (χ3n) is 2.12. The van der Waals surface area contributed by atoms with Gasteiger partial charge in [-0.2, -0.15) is 0 Å². The maximum atomic E-state index is 13.0. The summed E-state index contributed by atoms with van der Waals surface area (Å²) in [5.74, 6) is 0. The second kappa shape index (κ2) is 3.89. The first-order valence-electron chi connectivity index (χ1n) is 3.89. The van der Waals surface area contributed by atoms with Crippen LogP contribution in [0.15, 0.2) is 0 Å². The van der Waals surface area contributed by atoms with E-state index < -0.39 is 24.5 Å². The Morgan fingerprint density at radius 2 is 2.23 bits per heavy atom. The van der Waals surface area contributed by atoms with Crippen molar-refractivity contribution in [3.05, 3.63) is 0 Å². The van der Waals surface area contributed by atoms with E-state index >= 15 is 0 Å². The van der Waals surface area contributed by atoms with Gasteiger partial charge in [0.1, 0.15) is 18.4 Å². The number of rotatable bonds is 1. The number of methoxy groups -OCH3 is 1. The first-order chi connectivity index (χ1) is 6.06. The number of carboxylic acid groups (broad SMARTS) is 1. The van der Waals surface area contributed by atoms with E-state index in [9.17, 15) is 14.3 Å². The van der Waals surface area contributed by atoms with Crippen LogP contribution in [0.1, 0.15) is 0 Å². The molecule has 1 rings (SSSR count). The second-order valence-corrected chi connectivity index (χ2v) is 2.97. The van der Waals surface area contributed by atoms with Crippen molar-refractivity contribution in [2.75, 3.05) is 20.2 Å². The zero-order valence-electron chi connectivity index (χ0n) is 7.18. The summed E-state index contributed by atoms with van der Waals surface area (Å²) < 4.78 is 17.7. The number of aliphatic hydroxyl groups is 1. The Labute approximate surface area is 74.7 Å². The number of hydrogen-bond donors (Lipinski definition) is 2. The summed E-state index contributed by atoms with van der Waals surface area (Å²) in [4.78, 5) is 11.4. The van der Waals surface area contributed by atoms with Gasteiger partial charge < -0.3 is 19.8 Å². The van der Waals surface area contributed by atoms with Gasteiger partial charge >= 0.3 is 6.09 Å². The van der Waals surface area contributed by atoms with Crippen LogP contribution in [0.5, 0.6) is 0 Å². The number of aliphatic hydroxyl groups excluding tert-OH is 1. The Kier molecular flexibility index (Phi) is 3.05. The lowest BCUT2D eigenvalue weighted by Gasteiger charge is -2.35. The average Bonchev–Trinajstić information content (AvgIpc) is 2.09. The predicted octanol–water partition coefficient (Wildman–Crippen LogP) is -0.306. The summed E-state index contributed by atoms with van der Waals surface area (Å²) in [6.07, 6.45) is -4.79. The molecule has 6 heteroatoms. The number of carbonyl (C=O) groups is 1. The molecule has 76 valence electrons. The maximum absolute atomic E-state index is 13.0. The summed E-state index contributed by atoms with van der Waals surface area (Å²) in [6.45, 7) is -0.288. The maximum Gasteiger partial charge on any atom is 0.407 e. The summed E-state index contributed by atoms with van der Waals surface area (Å²) in [5.41, 5.74) is 0. The van der Waals surface area contributed by atoms with Crippen molar-refractivity contribution in [1.29, 1.82) is 0 Å². The Morgan fingerprint density at radius 3 is 2.69 bits per heavy atom. The molecule has 0 spiro atoms. The number of likely N-dealkylation sites (tertiary alicyclic amines) is 1. The molecule has 0 bridgehead atoms. The summed E-state index contributed by atoms with van der Waals surface area (Å²) in [5, 5.41) is 17.8. The first kappa shape index (κ1) is 10.2. The minimum Gasteiger partial charge on any atom is -0.465 e. The van der Waals surface area contributed by atoms with Crippen LogP contribution in [0.3, 0.4) is 0 Å². The van der Waals surface area contributed by atoms with Crippen LogP contribution < -0.4 is 0 Å². The van der Waals surface area contributed by atoms with Gasteiger partial charge in [-0.25, -0.2) is 9.18 Å². The van der Waals surface area contributed by atoms with E-state index in [-0.39, 0.29) is 13.1 Å². The lowest BCUT2D eigenvalue weighted by molar-refractivity contribution is -0.0928. The first-order valence-corrected chi connectivity index (χ1v) is 3.89. The number of amides is 1. The van der Waals surface area contributed by atoms with Crippen LogP contribution in [-0.2, 0) is 4.74 Å². The van der Waals surface area contributed by atoms with Crippen LogP contribution >= 0.6 is 0 Å². The van der Waals surface area contributed by atoms with E-state index in [1.807, 2.05) is 0 Å². The fraction of sp³-hybridized carbons (Fsp3) is 0.857. The van der Waals surface area contributed by atoms with E-state index in [0.717, 1.165) is 4.90 Å². The molecule has 13 heavy (non-hydrogen) atoms. The molecule has 1 amide bonds. The van der Waals surface area contributed by atoms with E-state index in [1.165, 1.54) is 7.11 Å². The third-order valence-corrected chi connectivity index (χ3v) is 2.12. The molecule has 2 N–H and O–H groups in total. The summed E-state index contributed by atoms with van der Waals surface area (Å²) in [7, 11) is 1.31. The topological polar surface area (TPSA) is 70.0 Å². The fourth-order valence-electron chi connectivity index (χ4n) is 1.32. The third kappa shape index (κ3) is 2.07. The number of nitrogens with zero attached hydrogens (tertiary/aromatic N) is 1.